The third-order valence-corrected chi connectivity index (χ3v) is 2.15. The summed E-state index contributed by atoms with van der Waals surface area (Å²) in [5.74, 6) is 0.875. The third-order valence-electron chi connectivity index (χ3n) is 1.24. The Balaban J connectivity index is 0.000000165. The van der Waals surface area contributed by atoms with Gasteiger partial charge in [-0.25, -0.2) is 0 Å². The Bertz CT molecular complexity index is 467. The summed E-state index contributed by atoms with van der Waals surface area (Å²) in [5.41, 5.74) is 15.6. The fourth-order valence-corrected chi connectivity index (χ4v) is 1.44. The fourth-order valence-electron chi connectivity index (χ4n) is 0.765. The molecular formula is C6H10N8S2. The molecule has 0 fully saturated rings. The number of nitrogens with one attached hydrogen (secondary N) is 1. The largest absolute Gasteiger partial charge is 0.374 e. The Morgan fingerprint density at radius 2 is 1.69 bits per heavy atom. The maximum absolute atomic E-state index is 5.22. The van der Waals surface area contributed by atoms with Crippen molar-refractivity contribution in [3.63, 3.8) is 0 Å². The summed E-state index contributed by atoms with van der Waals surface area (Å²) in [4.78, 5) is 11.0. The van der Waals surface area contributed by atoms with Crippen LogP contribution in [0.1, 0.15) is 5.82 Å². The summed E-state index contributed by atoms with van der Waals surface area (Å²) in [6, 6.07) is 0. The lowest BCUT2D eigenvalue weighted by molar-refractivity contribution is 1.00. The Kier molecular flexibility index (Phi) is 4.08. The highest BCUT2D eigenvalue weighted by molar-refractivity contribution is 7.73. The van der Waals surface area contributed by atoms with E-state index in [1.165, 1.54) is 11.3 Å². The van der Waals surface area contributed by atoms with Crippen LogP contribution in [0, 0.1) is 10.9 Å². The van der Waals surface area contributed by atoms with Crippen LogP contribution in [-0.4, -0.2) is 25.1 Å². The van der Waals surface area contributed by atoms with Crippen LogP contribution in [0.3, 0.4) is 0 Å². The summed E-state index contributed by atoms with van der Waals surface area (Å²) in [6.45, 7) is 1.70. The number of anilines is 3. The number of aromatic nitrogens is 5. The zero-order chi connectivity index (χ0) is 12.1. The van der Waals surface area contributed by atoms with Crippen LogP contribution in [0.4, 0.5) is 17.0 Å². The van der Waals surface area contributed by atoms with Crippen molar-refractivity contribution in [3.05, 3.63) is 9.78 Å². The van der Waals surface area contributed by atoms with Crippen molar-refractivity contribution in [2.45, 2.75) is 6.92 Å². The molecule has 0 aliphatic rings. The lowest BCUT2D eigenvalue weighted by Gasteiger charge is -1.93. The van der Waals surface area contributed by atoms with Crippen molar-refractivity contribution in [1.82, 2.24) is 25.1 Å². The van der Waals surface area contributed by atoms with E-state index < -0.39 is 0 Å². The molecule has 2 aromatic heterocycles. The normalized spacial score (nSPS) is 9.31. The number of nitrogens with zero attached hydrogens (tertiary/aromatic N) is 4. The van der Waals surface area contributed by atoms with Crippen molar-refractivity contribution >= 4 is 40.6 Å². The highest BCUT2D eigenvalue weighted by Crippen LogP contribution is 2.03. The molecule has 7 N–H and O–H groups in total. The summed E-state index contributed by atoms with van der Waals surface area (Å²) in [7, 11) is 0. The van der Waals surface area contributed by atoms with Gasteiger partial charge in [0.25, 0.3) is 0 Å². The third kappa shape index (κ3) is 4.14. The average molecular weight is 258 g/mol. The van der Waals surface area contributed by atoms with Crippen LogP contribution < -0.4 is 17.2 Å². The van der Waals surface area contributed by atoms with Crippen molar-refractivity contribution in [2.75, 3.05) is 17.2 Å². The van der Waals surface area contributed by atoms with Gasteiger partial charge in [0.1, 0.15) is 5.82 Å². The van der Waals surface area contributed by atoms with E-state index in [0.29, 0.717) is 14.9 Å². The zero-order valence-electron chi connectivity index (χ0n) is 8.34. The minimum Gasteiger partial charge on any atom is -0.374 e. The van der Waals surface area contributed by atoms with Gasteiger partial charge in [-0.1, -0.05) is 11.3 Å². The number of H-pyrrole nitrogens is 1. The Morgan fingerprint density at radius 1 is 1.12 bits per heavy atom. The predicted octanol–water partition coefficient (Wildman–Crippen LogP) is 0.127. The average Bonchev–Trinajstić information content (AvgIpc) is 2.48. The molecule has 0 radical (unpaired) electrons. The van der Waals surface area contributed by atoms with Gasteiger partial charge in [0.2, 0.25) is 17.0 Å². The van der Waals surface area contributed by atoms with Crippen molar-refractivity contribution in [2.24, 2.45) is 0 Å². The first-order valence-electron chi connectivity index (χ1n) is 4.02. The molecule has 2 aromatic rings. The van der Waals surface area contributed by atoms with E-state index in [1.807, 2.05) is 0 Å². The van der Waals surface area contributed by atoms with Crippen LogP contribution in [0.2, 0.25) is 0 Å². The first kappa shape index (κ1) is 12.3. The minimum absolute atomic E-state index is 0.167. The maximum atomic E-state index is 5.22. The quantitative estimate of drug-likeness (QED) is 0.488. The molecule has 0 spiro atoms. The van der Waals surface area contributed by atoms with E-state index in [9.17, 15) is 0 Å². The van der Waals surface area contributed by atoms with E-state index in [0.717, 1.165) is 0 Å². The molecule has 0 aliphatic carbocycles. The molecule has 0 saturated carbocycles. The van der Waals surface area contributed by atoms with Crippen molar-refractivity contribution in [3.8, 4) is 0 Å². The van der Waals surface area contributed by atoms with Gasteiger partial charge in [0.15, 0.2) is 3.95 Å². The molecule has 0 aromatic carbocycles. The second kappa shape index (κ2) is 5.32. The molecule has 0 aliphatic heterocycles. The number of hydrogen-bond donors (Lipinski definition) is 4. The van der Waals surface area contributed by atoms with E-state index >= 15 is 0 Å². The van der Waals surface area contributed by atoms with Gasteiger partial charge >= 0.3 is 0 Å². The number of nitrogens with two attached hydrogens (primary N) is 3. The van der Waals surface area contributed by atoms with E-state index in [2.05, 4.69) is 37.4 Å². The first-order chi connectivity index (χ1) is 7.47. The number of aromatic amines is 1. The van der Waals surface area contributed by atoms with E-state index in [-0.39, 0.29) is 11.9 Å². The van der Waals surface area contributed by atoms with Crippen LogP contribution in [0.5, 0.6) is 0 Å². The number of rotatable bonds is 0. The van der Waals surface area contributed by atoms with Gasteiger partial charge in [0, 0.05) is 0 Å². The predicted molar refractivity (Wildman–Crippen MR) is 65.1 cm³/mol. The molecule has 8 nitrogen and oxygen atoms in total. The molecule has 16 heavy (non-hydrogen) atoms. The highest BCUT2D eigenvalue weighted by Gasteiger charge is 1.93. The summed E-state index contributed by atoms with van der Waals surface area (Å²) in [5, 5.41) is 6.60. The molecule has 2 heterocycles. The standard InChI is InChI=1S/C4H7N5.C2H3N3S2/c1-2-7-3(5)9-4(6)8-2;3-1-4-5-2(6)7-1/h1H3,(H4,5,6,7,8,9);(H2,3,4)(H,5,6). The fraction of sp³-hybridized carbons (Fsp3) is 0.167. The highest BCUT2D eigenvalue weighted by atomic mass is 32.1. The lowest BCUT2D eigenvalue weighted by Crippen LogP contribution is -2.03. The summed E-state index contributed by atoms with van der Waals surface area (Å²) in [6.07, 6.45) is 0. The Labute approximate surface area is 99.9 Å². The van der Waals surface area contributed by atoms with Crippen molar-refractivity contribution < 1.29 is 0 Å². The van der Waals surface area contributed by atoms with Crippen LogP contribution >= 0.6 is 23.6 Å². The Morgan fingerprint density at radius 3 is 1.94 bits per heavy atom. The van der Waals surface area contributed by atoms with Crippen LogP contribution in [0.25, 0.3) is 0 Å². The molecular weight excluding hydrogens is 248 g/mol. The van der Waals surface area contributed by atoms with Gasteiger partial charge in [0.05, 0.1) is 0 Å². The second-order valence-corrected chi connectivity index (χ2v) is 4.25. The molecule has 0 unspecified atom stereocenters. The monoisotopic (exact) mass is 258 g/mol. The summed E-state index contributed by atoms with van der Waals surface area (Å²) < 4.78 is 0.623. The number of aryl methyl sites for hydroxylation is 1. The van der Waals surface area contributed by atoms with Gasteiger partial charge in [-0.3, -0.25) is 5.10 Å². The van der Waals surface area contributed by atoms with E-state index in [4.69, 9.17) is 17.2 Å². The first-order valence-corrected chi connectivity index (χ1v) is 5.24. The molecule has 2 rings (SSSR count). The second-order valence-electron chi connectivity index (χ2n) is 2.55. The Hall–Kier alpha value is -1.81. The van der Waals surface area contributed by atoms with Gasteiger partial charge < -0.3 is 17.2 Å². The number of hydrogen-bond acceptors (Lipinski definition) is 9. The molecule has 0 bridgehead atoms. The topological polar surface area (TPSA) is 145 Å². The molecule has 0 saturated heterocycles. The number of nitrogen functional groups attached to an aromatic ring is 3. The zero-order valence-corrected chi connectivity index (χ0v) is 9.97. The van der Waals surface area contributed by atoms with Crippen LogP contribution in [0.15, 0.2) is 0 Å². The maximum Gasteiger partial charge on any atom is 0.225 e. The molecule has 10 heteroatoms. The van der Waals surface area contributed by atoms with Gasteiger partial charge in [-0.2, -0.15) is 15.0 Å². The van der Waals surface area contributed by atoms with Crippen molar-refractivity contribution in [1.29, 1.82) is 0 Å². The van der Waals surface area contributed by atoms with Crippen LogP contribution in [-0.2, 0) is 0 Å². The molecule has 86 valence electrons. The lowest BCUT2D eigenvalue weighted by atomic mass is 10.7. The summed E-state index contributed by atoms with van der Waals surface area (Å²) >= 11 is 5.92. The van der Waals surface area contributed by atoms with E-state index in [1.54, 1.807) is 6.92 Å². The molecule has 0 amide bonds. The SMILES string of the molecule is Cc1nc(N)nc(N)n1.Nc1n[nH]c(=S)s1. The molecule has 0 atom stereocenters. The van der Waals surface area contributed by atoms with Gasteiger partial charge in [-0.05, 0) is 19.1 Å². The van der Waals surface area contributed by atoms with Gasteiger partial charge in [-0.15, -0.1) is 5.10 Å². The minimum atomic E-state index is 0.167. The smallest absolute Gasteiger partial charge is 0.225 e.